The van der Waals surface area contributed by atoms with Crippen molar-refractivity contribution in [3.05, 3.63) is 54.3 Å². The maximum absolute atomic E-state index is 12.9. The molecule has 1 saturated carbocycles. The van der Waals surface area contributed by atoms with Crippen LogP contribution < -0.4 is 10.9 Å². The lowest BCUT2D eigenvalue weighted by Gasteiger charge is -2.45. The van der Waals surface area contributed by atoms with E-state index >= 15 is 0 Å². The number of hydrogen-bond acceptors (Lipinski definition) is 9. The van der Waals surface area contributed by atoms with Gasteiger partial charge in [0.25, 0.3) is 5.91 Å². The van der Waals surface area contributed by atoms with Crippen molar-refractivity contribution in [1.29, 1.82) is 0 Å². The molecule has 2 N–H and O–H groups in total. The van der Waals surface area contributed by atoms with Crippen LogP contribution in [0.3, 0.4) is 0 Å². The molecule has 1 fully saturated rings. The maximum Gasteiger partial charge on any atom is 0.349 e. The van der Waals surface area contributed by atoms with Gasteiger partial charge in [-0.2, -0.15) is 0 Å². The number of hydrogen-bond donors (Lipinski definition) is 2. The number of carbonyl (C=O) groups is 4. The fourth-order valence-electron chi connectivity index (χ4n) is 4.23. The molecular weight excluding hydrogens is 618 g/mol. The van der Waals surface area contributed by atoms with Gasteiger partial charge in [0.1, 0.15) is 23.5 Å². The van der Waals surface area contributed by atoms with Crippen molar-refractivity contribution < 1.29 is 41.9 Å². The summed E-state index contributed by atoms with van der Waals surface area (Å²) in [5.41, 5.74) is -1.97. The average molecular weight is 633 g/mol. The molecule has 4 rings (SSSR count). The summed E-state index contributed by atoms with van der Waals surface area (Å²) in [5.74, 6) is -6.47. The highest BCUT2D eigenvalue weighted by molar-refractivity contribution is 9.11. The third-order valence-corrected chi connectivity index (χ3v) is 8.89. The number of fused-ring (bicyclic) bond motifs is 2. The molecule has 2 aromatic rings. The van der Waals surface area contributed by atoms with E-state index in [1.807, 2.05) is 0 Å². The summed E-state index contributed by atoms with van der Waals surface area (Å²) in [6.07, 6.45) is 0. The van der Waals surface area contributed by atoms with E-state index < -0.39 is 79.8 Å². The lowest BCUT2D eigenvalue weighted by Crippen LogP contribution is -2.70. The number of carbonyl (C=O) groups excluding carboxylic acids is 3. The minimum atomic E-state index is -4.12. The largest absolute Gasteiger partial charge is 0.478 e. The number of nitrogens with one attached hydrogen (secondary N) is 1. The molecule has 1 aliphatic carbocycles. The van der Waals surface area contributed by atoms with Crippen LogP contribution in [0.4, 0.5) is 0 Å². The van der Waals surface area contributed by atoms with Crippen molar-refractivity contribution in [2.75, 3.05) is 12.4 Å². The smallest absolute Gasteiger partial charge is 0.349 e. The number of aliphatic carboxylic acids is 1. The second-order valence-corrected chi connectivity index (χ2v) is 11.9. The van der Waals surface area contributed by atoms with Gasteiger partial charge in [-0.1, -0.05) is 15.9 Å². The number of amides is 1. The van der Waals surface area contributed by atoms with Gasteiger partial charge in [0.2, 0.25) is 0 Å². The number of carboxylic acids is 1. The van der Waals surface area contributed by atoms with Gasteiger partial charge in [-0.3, -0.25) is 14.4 Å². The van der Waals surface area contributed by atoms with E-state index in [2.05, 4.69) is 37.2 Å². The molecule has 11 nitrogen and oxygen atoms in total. The predicted molar refractivity (Wildman–Crippen MR) is 127 cm³/mol. The Kier molecular flexibility index (Phi) is 6.49. The molecule has 184 valence electrons. The molecular formula is C21H15Br2NO10S. The number of Topliss-reactive ketones (excluding diaryl/α,β-unsaturated/α-hetero) is 1. The molecule has 1 amide bonds. The Morgan fingerprint density at radius 2 is 1.89 bits per heavy atom. The first kappa shape index (κ1) is 25.3. The molecule has 14 heteroatoms. The SMILES string of the molecule is CC(=O)OCC1=C(C(=O)O)C2C(=O)[C@@H](NC(=O)c3cc4cc(Br)cc(Br)c4oc3=O)[C@H]2S(=O)(=O)C1. The van der Waals surface area contributed by atoms with E-state index in [1.54, 1.807) is 12.1 Å². The van der Waals surface area contributed by atoms with Gasteiger partial charge in [0.15, 0.2) is 21.2 Å². The molecule has 1 aromatic heterocycles. The quantitative estimate of drug-likeness (QED) is 0.362. The van der Waals surface area contributed by atoms with E-state index in [0.717, 1.165) is 6.92 Å². The van der Waals surface area contributed by atoms with Gasteiger partial charge in [0, 0.05) is 16.8 Å². The van der Waals surface area contributed by atoms with Crippen LogP contribution in [-0.2, 0) is 29.0 Å². The van der Waals surface area contributed by atoms with E-state index in [-0.39, 0.29) is 11.2 Å². The van der Waals surface area contributed by atoms with Gasteiger partial charge in [-0.15, -0.1) is 0 Å². The van der Waals surface area contributed by atoms with Crippen LogP contribution in [0.1, 0.15) is 17.3 Å². The van der Waals surface area contributed by atoms with Crippen molar-refractivity contribution in [3.8, 4) is 0 Å². The first-order valence-corrected chi connectivity index (χ1v) is 13.2. The molecule has 2 heterocycles. The number of esters is 1. The van der Waals surface area contributed by atoms with E-state index in [1.165, 1.54) is 6.07 Å². The molecule has 0 spiro atoms. The van der Waals surface area contributed by atoms with Crippen LogP contribution in [0.5, 0.6) is 0 Å². The van der Waals surface area contributed by atoms with Crippen LogP contribution in [0.2, 0.25) is 0 Å². The number of benzene rings is 1. The molecule has 35 heavy (non-hydrogen) atoms. The number of carboxylic acid groups (broad SMARTS) is 1. The van der Waals surface area contributed by atoms with Gasteiger partial charge < -0.3 is 19.6 Å². The molecule has 0 bridgehead atoms. The standard InChI is InChI=1S/C21H15Br2NO10S/c1-7(25)33-5-9-6-35(31,32)18-14(13(9)20(28)29)16(26)15(18)24-19(27)11-3-8-2-10(22)4-12(23)17(8)34-21(11)30/h2-4,14-15,18H,5-6H2,1H3,(H,24,27)(H,28,29)/t14?,15-,18+/m1/s1. The van der Waals surface area contributed by atoms with Crippen molar-refractivity contribution in [2.24, 2.45) is 5.92 Å². The van der Waals surface area contributed by atoms with Gasteiger partial charge in [0.05, 0.1) is 21.7 Å². The highest BCUT2D eigenvalue weighted by atomic mass is 79.9. The first-order valence-electron chi connectivity index (χ1n) is 9.89. The summed E-state index contributed by atoms with van der Waals surface area (Å²) in [6, 6.07) is 2.90. The highest BCUT2D eigenvalue weighted by Gasteiger charge is 2.62. The van der Waals surface area contributed by atoms with Crippen molar-refractivity contribution in [2.45, 2.75) is 18.2 Å². The van der Waals surface area contributed by atoms with Crippen molar-refractivity contribution >= 4 is 76.3 Å². The van der Waals surface area contributed by atoms with Crippen LogP contribution in [0.25, 0.3) is 11.0 Å². The van der Waals surface area contributed by atoms with Crippen molar-refractivity contribution in [1.82, 2.24) is 5.32 Å². The first-order chi connectivity index (χ1) is 16.3. The lowest BCUT2D eigenvalue weighted by molar-refractivity contribution is -0.141. The van der Waals surface area contributed by atoms with Crippen LogP contribution in [0, 0.1) is 5.92 Å². The zero-order valence-corrected chi connectivity index (χ0v) is 21.7. The minimum absolute atomic E-state index is 0.181. The number of sulfone groups is 1. The van der Waals surface area contributed by atoms with Crippen LogP contribution >= 0.6 is 31.9 Å². The topological polar surface area (TPSA) is 174 Å². The summed E-state index contributed by atoms with van der Waals surface area (Å²) in [5, 5.41) is 10.7. The maximum atomic E-state index is 12.9. The fraction of sp³-hybridized carbons (Fsp3) is 0.286. The number of halogens is 2. The average Bonchev–Trinajstić information content (AvgIpc) is 2.74. The zero-order valence-electron chi connectivity index (χ0n) is 17.7. The Bertz CT molecular complexity index is 1520. The Labute approximate surface area is 213 Å². The monoisotopic (exact) mass is 631 g/mol. The normalized spacial score (nSPS) is 22.8. The molecule has 1 aromatic carbocycles. The minimum Gasteiger partial charge on any atom is -0.478 e. The van der Waals surface area contributed by atoms with E-state index in [9.17, 15) is 37.5 Å². The van der Waals surface area contributed by atoms with Crippen molar-refractivity contribution in [3.63, 3.8) is 0 Å². The second kappa shape index (κ2) is 8.99. The molecule has 1 unspecified atom stereocenters. The van der Waals surface area contributed by atoms with Gasteiger partial charge in [-0.05, 0) is 39.7 Å². The van der Waals surface area contributed by atoms with Crippen LogP contribution in [0.15, 0.2) is 47.5 Å². The lowest BCUT2D eigenvalue weighted by atomic mass is 9.71. The third kappa shape index (κ3) is 4.45. The van der Waals surface area contributed by atoms with Gasteiger partial charge >= 0.3 is 17.6 Å². The molecule has 0 radical (unpaired) electrons. The summed E-state index contributed by atoms with van der Waals surface area (Å²) >= 11 is 6.53. The second-order valence-electron chi connectivity index (χ2n) is 7.96. The summed E-state index contributed by atoms with van der Waals surface area (Å²) in [7, 11) is -4.12. The Morgan fingerprint density at radius 1 is 1.20 bits per heavy atom. The Balaban J connectivity index is 1.66. The predicted octanol–water partition coefficient (Wildman–Crippen LogP) is 1.36. The Morgan fingerprint density at radius 3 is 2.51 bits per heavy atom. The zero-order chi connectivity index (χ0) is 25.8. The number of ether oxygens (including phenoxy) is 1. The molecule has 3 atom stereocenters. The summed E-state index contributed by atoms with van der Waals surface area (Å²) in [6.45, 7) is 0.481. The number of rotatable bonds is 5. The third-order valence-electron chi connectivity index (χ3n) is 5.72. The molecule has 1 aliphatic heterocycles. The molecule has 0 saturated heterocycles. The van der Waals surface area contributed by atoms with Crippen LogP contribution in [-0.4, -0.2) is 60.8 Å². The number of ketones is 1. The van der Waals surface area contributed by atoms with E-state index in [0.29, 0.717) is 14.3 Å². The van der Waals surface area contributed by atoms with E-state index in [4.69, 9.17) is 9.15 Å². The summed E-state index contributed by atoms with van der Waals surface area (Å²) in [4.78, 5) is 61.0. The Hall–Kier alpha value is -2.84. The highest BCUT2D eigenvalue weighted by Crippen LogP contribution is 2.42. The molecule has 2 aliphatic rings. The van der Waals surface area contributed by atoms with Gasteiger partial charge in [-0.25, -0.2) is 18.0 Å². The fourth-order valence-corrected chi connectivity index (χ4v) is 7.79. The summed E-state index contributed by atoms with van der Waals surface area (Å²) < 4.78 is 36.8.